The largest absolute Gasteiger partial charge is 0.416 e. The summed E-state index contributed by atoms with van der Waals surface area (Å²) in [5.41, 5.74) is -0.938. The summed E-state index contributed by atoms with van der Waals surface area (Å²) in [5, 5.41) is 19.4. The fourth-order valence-corrected chi connectivity index (χ4v) is 1.57. The summed E-state index contributed by atoms with van der Waals surface area (Å²) in [7, 11) is 0. The van der Waals surface area contributed by atoms with Crippen LogP contribution in [0.2, 0.25) is 0 Å². The maximum absolute atomic E-state index is 12.5. The van der Waals surface area contributed by atoms with E-state index in [1.54, 1.807) is 12.1 Å². The topological polar surface area (TPSA) is 59.6 Å². The molecule has 0 aliphatic heterocycles. The molecule has 0 spiro atoms. The van der Waals surface area contributed by atoms with E-state index >= 15 is 0 Å². The highest BCUT2D eigenvalue weighted by Gasteiger charge is 2.31. The lowest BCUT2D eigenvalue weighted by molar-refractivity contribution is -0.137. The molecule has 0 atom stereocenters. The molecule has 0 radical (unpaired) electrons. The van der Waals surface area contributed by atoms with Crippen molar-refractivity contribution in [2.24, 2.45) is 0 Å². The molecule has 0 saturated heterocycles. The first-order valence-corrected chi connectivity index (χ1v) is 5.31. The van der Waals surface area contributed by atoms with Gasteiger partial charge in [-0.3, -0.25) is 0 Å². The van der Waals surface area contributed by atoms with Crippen molar-refractivity contribution >= 4 is 21.6 Å². The Labute approximate surface area is 109 Å². The van der Waals surface area contributed by atoms with Crippen LogP contribution in [-0.2, 0) is 6.18 Å². The number of halogens is 4. The average Bonchev–Trinajstić information content (AvgIpc) is 2.28. The Bertz CT molecular complexity index is 548. The van der Waals surface area contributed by atoms with Crippen LogP contribution in [0, 0.1) is 22.7 Å². The van der Waals surface area contributed by atoms with E-state index in [-0.39, 0.29) is 15.7 Å². The van der Waals surface area contributed by atoms with Crippen molar-refractivity contribution in [3.05, 3.63) is 40.0 Å². The van der Waals surface area contributed by atoms with Crippen molar-refractivity contribution in [1.29, 1.82) is 10.5 Å². The Morgan fingerprint density at radius 1 is 1.22 bits per heavy atom. The summed E-state index contributed by atoms with van der Waals surface area (Å²) in [5.74, 6) is 0. The van der Waals surface area contributed by atoms with Crippen molar-refractivity contribution in [2.45, 2.75) is 6.18 Å². The van der Waals surface area contributed by atoms with Gasteiger partial charge < -0.3 is 5.32 Å². The van der Waals surface area contributed by atoms with Crippen LogP contribution in [-0.4, -0.2) is 0 Å². The monoisotopic (exact) mass is 315 g/mol. The molecule has 0 heterocycles. The van der Waals surface area contributed by atoms with Crippen molar-refractivity contribution in [2.75, 3.05) is 5.32 Å². The van der Waals surface area contributed by atoms with Gasteiger partial charge in [0, 0.05) is 16.4 Å². The molecule has 7 heteroatoms. The highest BCUT2D eigenvalue weighted by Crippen LogP contribution is 2.33. The van der Waals surface area contributed by atoms with Gasteiger partial charge in [-0.15, -0.1) is 0 Å². The second-order valence-electron chi connectivity index (χ2n) is 3.15. The number of nitrogens with zero attached hydrogens (tertiary/aromatic N) is 2. The number of hydrogen-bond donors (Lipinski definition) is 1. The van der Waals surface area contributed by atoms with E-state index < -0.39 is 11.7 Å². The number of benzene rings is 1. The molecule has 3 nitrogen and oxygen atoms in total. The Morgan fingerprint density at radius 2 is 1.83 bits per heavy atom. The molecule has 1 aromatic carbocycles. The van der Waals surface area contributed by atoms with Gasteiger partial charge in [0.05, 0.1) is 5.56 Å². The molecule has 1 aromatic rings. The Balaban J connectivity index is 3.06. The molecule has 18 heavy (non-hydrogen) atoms. The fraction of sp³-hybridized carbons (Fsp3) is 0.0909. The zero-order valence-electron chi connectivity index (χ0n) is 8.72. The first kappa shape index (κ1) is 14.1. The number of nitrogens with one attached hydrogen (secondary N) is 1. The lowest BCUT2D eigenvalue weighted by Crippen LogP contribution is -2.05. The van der Waals surface area contributed by atoms with Crippen LogP contribution >= 0.6 is 15.9 Å². The Morgan fingerprint density at radius 3 is 2.33 bits per heavy atom. The van der Waals surface area contributed by atoms with Gasteiger partial charge in [-0.05, 0) is 18.2 Å². The second kappa shape index (κ2) is 5.56. The molecule has 1 rings (SSSR count). The van der Waals surface area contributed by atoms with E-state index in [4.69, 9.17) is 10.5 Å². The normalized spacial score (nSPS) is 10.1. The molecule has 0 saturated carbocycles. The first-order valence-electron chi connectivity index (χ1n) is 4.51. The minimum absolute atomic E-state index is 0.125. The lowest BCUT2D eigenvalue weighted by atomic mass is 10.2. The molecule has 0 amide bonds. The van der Waals surface area contributed by atoms with Gasteiger partial charge in [-0.1, -0.05) is 15.9 Å². The van der Waals surface area contributed by atoms with Crippen molar-refractivity contribution in [3.8, 4) is 12.1 Å². The van der Waals surface area contributed by atoms with E-state index in [9.17, 15) is 13.2 Å². The molecule has 92 valence electrons. The van der Waals surface area contributed by atoms with Crippen molar-refractivity contribution in [1.82, 2.24) is 0 Å². The fourth-order valence-electron chi connectivity index (χ4n) is 1.08. The number of alkyl halides is 3. The molecule has 0 bridgehead atoms. The quantitative estimate of drug-likeness (QED) is 0.844. The first-order chi connectivity index (χ1) is 8.36. The molecular weight excluding hydrogens is 311 g/mol. The molecule has 0 unspecified atom stereocenters. The maximum atomic E-state index is 12.5. The maximum Gasteiger partial charge on any atom is 0.416 e. The summed E-state index contributed by atoms with van der Waals surface area (Å²) < 4.78 is 37.8. The third-order valence-electron chi connectivity index (χ3n) is 1.85. The van der Waals surface area contributed by atoms with Crippen molar-refractivity contribution < 1.29 is 13.2 Å². The predicted molar refractivity (Wildman–Crippen MR) is 62.1 cm³/mol. The molecule has 1 N–H and O–H groups in total. The molecule has 0 aliphatic rings. The highest BCUT2D eigenvalue weighted by molar-refractivity contribution is 9.10. The van der Waals surface area contributed by atoms with Gasteiger partial charge in [0.1, 0.15) is 17.7 Å². The summed E-state index contributed by atoms with van der Waals surface area (Å²) in [6.45, 7) is 0. The molecule has 0 fully saturated rings. The summed E-state index contributed by atoms with van der Waals surface area (Å²) in [4.78, 5) is 0. The molecule has 0 aromatic heterocycles. The third kappa shape index (κ3) is 3.79. The standard InChI is InChI=1S/C11H5BrF3N3/c12-9-1-8(11(13,14)15)2-10(3-9)18-6-7(4-16)5-17/h1-3,6,18H. The summed E-state index contributed by atoms with van der Waals surface area (Å²) in [6.07, 6.45) is -3.42. The summed E-state index contributed by atoms with van der Waals surface area (Å²) >= 11 is 2.96. The van der Waals surface area contributed by atoms with Crippen LogP contribution in [0.4, 0.5) is 18.9 Å². The van der Waals surface area contributed by atoms with Crippen LogP contribution in [0.25, 0.3) is 0 Å². The minimum atomic E-state index is -4.46. The van der Waals surface area contributed by atoms with Gasteiger partial charge in [0.2, 0.25) is 0 Å². The zero-order valence-corrected chi connectivity index (χ0v) is 10.3. The van der Waals surface area contributed by atoms with Crippen LogP contribution in [0.15, 0.2) is 34.4 Å². The summed E-state index contributed by atoms with van der Waals surface area (Å²) in [6, 6.07) is 6.39. The van der Waals surface area contributed by atoms with E-state index in [0.29, 0.717) is 0 Å². The van der Waals surface area contributed by atoms with Crippen LogP contribution in [0.5, 0.6) is 0 Å². The Kier molecular flexibility index (Phi) is 4.35. The number of nitriles is 2. The minimum Gasteiger partial charge on any atom is -0.360 e. The number of anilines is 1. The van der Waals surface area contributed by atoms with Crippen LogP contribution in [0.3, 0.4) is 0 Å². The number of hydrogen-bond acceptors (Lipinski definition) is 3. The van der Waals surface area contributed by atoms with E-state index in [1.807, 2.05) is 0 Å². The van der Waals surface area contributed by atoms with E-state index in [1.165, 1.54) is 6.07 Å². The second-order valence-corrected chi connectivity index (χ2v) is 4.07. The average molecular weight is 316 g/mol. The van der Waals surface area contributed by atoms with Gasteiger partial charge in [-0.2, -0.15) is 23.7 Å². The van der Waals surface area contributed by atoms with Gasteiger partial charge in [-0.25, -0.2) is 0 Å². The van der Waals surface area contributed by atoms with Gasteiger partial charge >= 0.3 is 6.18 Å². The highest BCUT2D eigenvalue weighted by atomic mass is 79.9. The molecular formula is C11H5BrF3N3. The third-order valence-corrected chi connectivity index (χ3v) is 2.31. The predicted octanol–water partition coefficient (Wildman–Crippen LogP) is 3.81. The number of rotatable bonds is 2. The molecule has 0 aliphatic carbocycles. The SMILES string of the molecule is N#CC(C#N)=CNc1cc(Br)cc(C(F)(F)F)c1. The lowest BCUT2D eigenvalue weighted by Gasteiger charge is -2.09. The van der Waals surface area contributed by atoms with E-state index in [2.05, 4.69) is 21.2 Å². The Hall–Kier alpha value is -1.99. The van der Waals surface area contributed by atoms with Gasteiger partial charge in [0.25, 0.3) is 0 Å². The zero-order chi connectivity index (χ0) is 13.8. The van der Waals surface area contributed by atoms with Crippen LogP contribution in [0.1, 0.15) is 5.56 Å². The number of allylic oxidation sites excluding steroid dienone is 1. The van der Waals surface area contributed by atoms with Crippen LogP contribution < -0.4 is 5.32 Å². The van der Waals surface area contributed by atoms with Gasteiger partial charge in [0.15, 0.2) is 0 Å². The smallest absolute Gasteiger partial charge is 0.360 e. The van der Waals surface area contributed by atoms with E-state index in [0.717, 1.165) is 18.3 Å². The van der Waals surface area contributed by atoms with Crippen molar-refractivity contribution in [3.63, 3.8) is 0 Å².